The standard InChI is InChI=1S/C50H51N5O8/c1-32-44(29-53-23-21-40(22-24-53)55-43-16-6-5-15-41(43)51-49(55)59)62-48(63-46(32)36-19-17-33(30-56)18-20-36)39-14-8-13-38(26-39)37-12-7-11-35(25-37)28-54-45(57)27-42(47(54)58)52-50(60)61-31-34-9-3-2-4-10-34/h2-20,25-26,32,40,42,44,46,48,56H,21-24,27-31H2,1H3,(H,51,59)(H,52,60)/t32-,42?,44+,46+,48+/m1/s1. The predicted molar refractivity (Wildman–Crippen MR) is 236 cm³/mol. The van der Waals surface area contributed by atoms with E-state index in [4.69, 9.17) is 14.2 Å². The van der Waals surface area contributed by atoms with Gasteiger partial charge in [-0.2, -0.15) is 0 Å². The summed E-state index contributed by atoms with van der Waals surface area (Å²) in [6, 6.07) is 39.8. The van der Waals surface area contributed by atoms with Gasteiger partial charge in [-0.1, -0.05) is 110 Å². The first-order valence-corrected chi connectivity index (χ1v) is 21.6. The highest BCUT2D eigenvalue weighted by atomic mass is 16.7. The lowest BCUT2D eigenvalue weighted by Crippen LogP contribution is -2.47. The van der Waals surface area contributed by atoms with Crippen LogP contribution in [0.15, 0.2) is 132 Å². The fraction of sp³-hybridized carbons (Fsp3) is 0.320. The number of benzene rings is 5. The molecule has 3 saturated heterocycles. The Labute approximate surface area is 365 Å². The van der Waals surface area contributed by atoms with E-state index in [0.29, 0.717) is 6.54 Å². The number of ether oxygens (including phenoxy) is 3. The van der Waals surface area contributed by atoms with Crippen molar-refractivity contribution < 1.29 is 33.7 Å². The number of H-pyrrole nitrogens is 1. The molecule has 3 aliphatic heterocycles. The lowest BCUT2D eigenvalue weighted by atomic mass is 9.89. The van der Waals surface area contributed by atoms with E-state index in [2.05, 4.69) is 28.2 Å². The zero-order valence-corrected chi connectivity index (χ0v) is 35.1. The quantitative estimate of drug-likeness (QED) is 0.109. The van der Waals surface area contributed by atoms with Crippen molar-refractivity contribution in [3.05, 3.63) is 166 Å². The Hall–Kier alpha value is -6.38. The summed E-state index contributed by atoms with van der Waals surface area (Å²) < 4.78 is 20.9. The summed E-state index contributed by atoms with van der Waals surface area (Å²) in [4.78, 5) is 58.5. The van der Waals surface area contributed by atoms with Gasteiger partial charge in [0, 0.05) is 37.2 Å². The van der Waals surface area contributed by atoms with Crippen LogP contribution < -0.4 is 11.0 Å². The lowest BCUT2D eigenvalue weighted by Gasteiger charge is -2.44. The van der Waals surface area contributed by atoms with E-state index in [1.807, 2.05) is 126 Å². The first-order chi connectivity index (χ1) is 30.7. The van der Waals surface area contributed by atoms with Crippen molar-refractivity contribution >= 4 is 28.9 Å². The number of aromatic amines is 1. The molecule has 5 aromatic carbocycles. The molecule has 6 aromatic rings. The molecule has 3 amide bonds. The van der Waals surface area contributed by atoms with Crippen LogP contribution in [-0.4, -0.2) is 74.1 Å². The molecule has 0 aliphatic carbocycles. The number of para-hydroxylation sites is 2. The van der Waals surface area contributed by atoms with Crippen LogP contribution in [0.2, 0.25) is 0 Å². The molecule has 324 valence electrons. The number of likely N-dealkylation sites (tertiary alicyclic amines) is 2. The summed E-state index contributed by atoms with van der Waals surface area (Å²) in [5, 5.41) is 12.3. The molecular weight excluding hydrogens is 799 g/mol. The molecule has 1 aromatic heterocycles. The molecule has 4 heterocycles. The molecule has 0 saturated carbocycles. The predicted octanol–water partition coefficient (Wildman–Crippen LogP) is 7.17. The van der Waals surface area contributed by atoms with Gasteiger partial charge in [-0.05, 0) is 70.5 Å². The second-order valence-electron chi connectivity index (χ2n) is 16.8. The van der Waals surface area contributed by atoms with Gasteiger partial charge < -0.3 is 34.5 Å². The molecule has 63 heavy (non-hydrogen) atoms. The molecule has 13 heteroatoms. The number of piperidine rings is 1. The third kappa shape index (κ3) is 9.23. The number of aromatic nitrogens is 2. The minimum absolute atomic E-state index is 0.000734. The molecule has 0 radical (unpaired) electrons. The maximum Gasteiger partial charge on any atom is 0.408 e. The number of imidazole rings is 1. The van der Waals surface area contributed by atoms with Crippen molar-refractivity contribution in [2.24, 2.45) is 5.92 Å². The monoisotopic (exact) mass is 849 g/mol. The van der Waals surface area contributed by atoms with Crippen LogP contribution in [0.1, 0.15) is 72.4 Å². The molecule has 1 unspecified atom stereocenters. The van der Waals surface area contributed by atoms with Crippen molar-refractivity contribution in [2.75, 3.05) is 19.6 Å². The second kappa shape index (κ2) is 18.5. The summed E-state index contributed by atoms with van der Waals surface area (Å²) in [7, 11) is 0. The van der Waals surface area contributed by atoms with Crippen LogP contribution in [0.25, 0.3) is 22.2 Å². The zero-order chi connectivity index (χ0) is 43.5. The summed E-state index contributed by atoms with van der Waals surface area (Å²) in [5.41, 5.74) is 7.78. The number of rotatable bonds is 12. The first kappa shape index (κ1) is 41.9. The third-order valence-corrected chi connectivity index (χ3v) is 12.6. The molecular formula is C50H51N5O8. The summed E-state index contributed by atoms with van der Waals surface area (Å²) in [6.45, 7) is 4.57. The zero-order valence-electron chi connectivity index (χ0n) is 35.1. The Morgan fingerprint density at radius 3 is 2.29 bits per heavy atom. The second-order valence-corrected chi connectivity index (χ2v) is 16.8. The summed E-state index contributed by atoms with van der Waals surface area (Å²) >= 11 is 0. The molecule has 3 N–H and O–H groups in total. The van der Waals surface area contributed by atoms with Crippen molar-refractivity contribution in [1.82, 2.24) is 24.7 Å². The van der Waals surface area contributed by atoms with Crippen LogP contribution >= 0.6 is 0 Å². The van der Waals surface area contributed by atoms with Crippen molar-refractivity contribution in [3.8, 4) is 11.1 Å². The Balaban J connectivity index is 0.886. The number of fused-ring (bicyclic) bond motifs is 1. The van der Waals surface area contributed by atoms with Gasteiger partial charge in [-0.25, -0.2) is 9.59 Å². The Kier molecular flexibility index (Phi) is 12.3. The molecule has 9 rings (SSSR count). The first-order valence-electron chi connectivity index (χ1n) is 21.6. The van der Waals surface area contributed by atoms with E-state index >= 15 is 0 Å². The number of hydrogen-bond acceptors (Lipinski definition) is 9. The number of carbonyl (C=O) groups excluding carboxylic acids is 3. The van der Waals surface area contributed by atoms with E-state index in [1.165, 1.54) is 4.90 Å². The van der Waals surface area contributed by atoms with Crippen LogP contribution in [0.3, 0.4) is 0 Å². The number of aliphatic hydroxyl groups excluding tert-OH is 1. The van der Waals surface area contributed by atoms with E-state index in [9.17, 15) is 24.3 Å². The van der Waals surface area contributed by atoms with Crippen molar-refractivity contribution in [1.29, 1.82) is 0 Å². The number of hydrogen-bond donors (Lipinski definition) is 3. The van der Waals surface area contributed by atoms with E-state index < -0.39 is 24.3 Å². The van der Waals surface area contributed by atoms with Gasteiger partial charge >= 0.3 is 11.8 Å². The van der Waals surface area contributed by atoms with Crippen LogP contribution in [0.4, 0.5) is 4.79 Å². The minimum Gasteiger partial charge on any atom is -0.445 e. The van der Waals surface area contributed by atoms with Gasteiger partial charge in [-0.15, -0.1) is 0 Å². The van der Waals surface area contributed by atoms with E-state index in [0.717, 1.165) is 75.9 Å². The normalized spacial score (nSPS) is 22.1. The number of alkyl carbamates (subject to hydrolysis) is 1. The summed E-state index contributed by atoms with van der Waals surface area (Å²) in [6.07, 6.45) is -0.343. The highest BCUT2D eigenvalue weighted by Gasteiger charge is 2.41. The average Bonchev–Trinajstić information content (AvgIpc) is 3.79. The molecule has 0 bridgehead atoms. The van der Waals surface area contributed by atoms with Crippen molar-refractivity contribution in [3.63, 3.8) is 0 Å². The van der Waals surface area contributed by atoms with Gasteiger partial charge in [0.2, 0.25) is 5.91 Å². The smallest absolute Gasteiger partial charge is 0.408 e. The number of imide groups is 1. The summed E-state index contributed by atoms with van der Waals surface area (Å²) in [5.74, 6) is -0.847. The fourth-order valence-electron chi connectivity index (χ4n) is 9.15. The Bertz CT molecular complexity index is 2640. The van der Waals surface area contributed by atoms with Crippen molar-refractivity contribution in [2.45, 2.75) is 76.5 Å². The van der Waals surface area contributed by atoms with Gasteiger partial charge in [0.1, 0.15) is 12.6 Å². The maximum atomic E-state index is 13.3. The highest BCUT2D eigenvalue weighted by molar-refractivity contribution is 6.06. The molecule has 3 aliphatic rings. The van der Waals surface area contributed by atoms with E-state index in [-0.39, 0.29) is 61.9 Å². The topological polar surface area (TPSA) is 155 Å². The van der Waals surface area contributed by atoms with Gasteiger partial charge in [0.25, 0.3) is 5.91 Å². The number of aliphatic hydroxyl groups is 1. The molecule has 3 fully saturated rings. The van der Waals surface area contributed by atoms with E-state index in [1.54, 1.807) is 0 Å². The average molecular weight is 850 g/mol. The van der Waals surface area contributed by atoms with Crippen LogP contribution in [0, 0.1) is 5.92 Å². The minimum atomic E-state index is -0.998. The number of amides is 3. The van der Waals surface area contributed by atoms with Crippen LogP contribution in [0.5, 0.6) is 0 Å². The number of carbonyl (C=O) groups is 3. The number of nitrogens with one attached hydrogen (secondary N) is 2. The lowest BCUT2D eigenvalue weighted by molar-refractivity contribution is -0.276. The maximum absolute atomic E-state index is 13.3. The molecule has 5 atom stereocenters. The van der Waals surface area contributed by atoms with Crippen LogP contribution in [-0.2, 0) is 43.6 Å². The third-order valence-electron chi connectivity index (χ3n) is 12.6. The molecule has 0 spiro atoms. The highest BCUT2D eigenvalue weighted by Crippen LogP contribution is 2.43. The SMILES string of the molecule is C[C@@H]1[C@H](CN2CCC(n3c(=O)[nH]c4ccccc43)CC2)O[C@H](c2cccc(-c3cccc(CN4C(=O)CC(NC(=O)OCc5ccccc5)C4=O)c3)c2)O[C@@H]1c1ccc(CO)cc1. The Morgan fingerprint density at radius 1 is 0.794 bits per heavy atom. The largest absolute Gasteiger partial charge is 0.445 e. The Morgan fingerprint density at radius 2 is 1.51 bits per heavy atom. The van der Waals surface area contributed by atoms with Gasteiger partial charge in [-0.3, -0.25) is 19.1 Å². The fourth-order valence-corrected chi connectivity index (χ4v) is 9.15. The van der Waals surface area contributed by atoms with Gasteiger partial charge in [0.05, 0.1) is 42.8 Å². The molecule has 13 nitrogen and oxygen atoms in total. The van der Waals surface area contributed by atoms with Gasteiger partial charge in [0.15, 0.2) is 6.29 Å². The number of nitrogens with zero attached hydrogens (tertiary/aromatic N) is 3.